The van der Waals surface area contributed by atoms with Gasteiger partial charge in [0.05, 0.1) is 10.6 Å². The minimum absolute atomic E-state index is 0.126. The molecule has 2 unspecified atom stereocenters. The van der Waals surface area contributed by atoms with E-state index < -0.39 is 0 Å². The number of hydrogen-bond acceptors (Lipinski definition) is 4. The smallest absolute Gasteiger partial charge is 0.253 e. The van der Waals surface area contributed by atoms with Gasteiger partial charge in [0.25, 0.3) is 5.91 Å². The molecular formula is C18H19Cl2N3O2. The molecule has 0 saturated carbocycles. The van der Waals surface area contributed by atoms with E-state index in [0.717, 1.165) is 19.4 Å². The third-order valence-electron chi connectivity index (χ3n) is 4.09. The number of carbonyl (C=O) groups is 1. The fourth-order valence-electron chi connectivity index (χ4n) is 2.78. The molecule has 1 fully saturated rings. The number of hydrogen-bond donors (Lipinski definition) is 2. The number of amides is 1. The summed E-state index contributed by atoms with van der Waals surface area (Å²) in [5, 5.41) is 7.15. The number of nitrogens with zero attached hydrogens (tertiary/aromatic N) is 1. The van der Waals surface area contributed by atoms with Gasteiger partial charge in [0.1, 0.15) is 10.8 Å². The summed E-state index contributed by atoms with van der Waals surface area (Å²) in [5.74, 6) is 0.637. The summed E-state index contributed by atoms with van der Waals surface area (Å²) in [6.07, 6.45) is 3.35. The lowest BCUT2D eigenvalue weighted by atomic mass is 10.0. The molecule has 2 aromatic rings. The minimum Gasteiger partial charge on any atom is -0.437 e. The maximum Gasteiger partial charge on any atom is 0.253 e. The van der Waals surface area contributed by atoms with E-state index in [2.05, 4.69) is 22.5 Å². The molecule has 3 rings (SSSR count). The van der Waals surface area contributed by atoms with Crippen LogP contribution in [0.25, 0.3) is 0 Å². The van der Waals surface area contributed by atoms with Crippen molar-refractivity contribution in [3.8, 4) is 11.6 Å². The van der Waals surface area contributed by atoms with Crippen LogP contribution >= 0.6 is 23.2 Å². The second-order valence-electron chi connectivity index (χ2n) is 6.09. The van der Waals surface area contributed by atoms with Gasteiger partial charge >= 0.3 is 0 Å². The summed E-state index contributed by atoms with van der Waals surface area (Å²) in [7, 11) is 0. The van der Waals surface area contributed by atoms with Crippen LogP contribution in [0.15, 0.2) is 36.5 Å². The lowest BCUT2D eigenvalue weighted by Crippen LogP contribution is -2.46. The molecule has 25 heavy (non-hydrogen) atoms. The van der Waals surface area contributed by atoms with E-state index in [9.17, 15) is 4.79 Å². The van der Waals surface area contributed by atoms with Crippen molar-refractivity contribution in [2.45, 2.75) is 31.8 Å². The highest BCUT2D eigenvalue weighted by atomic mass is 35.5. The molecule has 1 amide bonds. The fraction of sp³-hybridized carbons (Fsp3) is 0.333. The quantitative estimate of drug-likeness (QED) is 0.840. The van der Waals surface area contributed by atoms with Crippen LogP contribution in [0.1, 0.15) is 30.1 Å². The van der Waals surface area contributed by atoms with Crippen molar-refractivity contribution in [1.82, 2.24) is 15.6 Å². The van der Waals surface area contributed by atoms with E-state index in [4.69, 9.17) is 27.9 Å². The number of pyridine rings is 1. The standard InChI is InChI=1S/C18H19Cl2N3O2/c1-11-9-13(7-8-21-11)23-18(24)12-5-6-16(22-10-12)25-15-4-2-3-14(19)17(15)20/h2-6,10-11,13,21H,7-9H2,1H3,(H,23,24). The summed E-state index contributed by atoms with van der Waals surface area (Å²) in [6, 6.07) is 9.04. The van der Waals surface area contributed by atoms with E-state index >= 15 is 0 Å². The molecule has 5 nitrogen and oxygen atoms in total. The Morgan fingerprint density at radius 3 is 2.88 bits per heavy atom. The first kappa shape index (κ1) is 18.0. The van der Waals surface area contributed by atoms with Crippen molar-refractivity contribution < 1.29 is 9.53 Å². The predicted molar refractivity (Wildman–Crippen MR) is 98.7 cm³/mol. The first-order chi connectivity index (χ1) is 12.0. The van der Waals surface area contributed by atoms with E-state index in [1.54, 1.807) is 30.3 Å². The van der Waals surface area contributed by atoms with Gasteiger partial charge in [-0.1, -0.05) is 29.3 Å². The van der Waals surface area contributed by atoms with Crippen LogP contribution in [0.4, 0.5) is 0 Å². The predicted octanol–water partition coefficient (Wildman–Crippen LogP) is 4.05. The van der Waals surface area contributed by atoms with Gasteiger partial charge in [-0.2, -0.15) is 0 Å². The van der Waals surface area contributed by atoms with Crippen LogP contribution < -0.4 is 15.4 Å². The maximum absolute atomic E-state index is 12.3. The molecule has 0 bridgehead atoms. The number of carbonyl (C=O) groups excluding carboxylic acids is 1. The van der Waals surface area contributed by atoms with E-state index in [1.807, 2.05) is 0 Å². The highest BCUT2D eigenvalue weighted by Gasteiger charge is 2.20. The number of aromatic nitrogens is 1. The SMILES string of the molecule is CC1CC(NC(=O)c2ccc(Oc3cccc(Cl)c3Cl)nc2)CCN1. The summed E-state index contributed by atoms with van der Waals surface area (Å²) >= 11 is 12.1. The summed E-state index contributed by atoms with van der Waals surface area (Å²) in [5.41, 5.74) is 0.496. The van der Waals surface area contributed by atoms with Crippen LogP contribution in [0.3, 0.4) is 0 Å². The Balaban J connectivity index is 1.63. The molecule has 2 atom stereocenters. The molecule has 1 aromatic heterocycles. The monoisotopic (exact) mass is 379 g/mol. The van der Waals surface area contributed by atoms with E-state index in [0.29, 0.717) is 33.3 Å². The Morgan fingerprint density at radius 2 is 2.16 bits per heavy atom. The van der Waals surface area contributed by atoms with Gasteiger partial charge in [0.2, 0.25) is 5.88 Å². The fourth-order valence-corrected chi connectivity index (χ4v) is 3.11. The number of nitrogens with one attached hydrogen (secondary N) is 2. The molecule has 7 heteroatoms. The average molecular weight is 380 g/mol. The lowest BCUT2D eigenvalue weighted by molar-refractivity contribution is 0.0925. The molecule has 1 aliphatic rings. The second kappa shape index (κ2) is 8.04. The van der Waals surface area contributed by atoms with Crippen LogP contribution in [-0.4, -0.2) is 29.5 Å². The normalized spacial score (nSPS) is 20.1. The Morgan fingerprint density at radius 1 is 1.32 bits per heavy atom. The highest BCUT2D eigenvalue weighted by Crippen LogP contribution is 2.33. The summed E-state index contributed by atoms with van der Waals surface area (Å²) in [6.45, 7) is 3.03. The van der Waals surface area contributed by atoms with Crippen molar-refractivity contribution in [3.05, 3.63) is 52.1 Å². The van der Waals surface area contributed by atoms with E-state index in [-0.39, 0.29) is 11.9 Å². The average Bonchev–Trinajstić information content (AvgIpc) is 2.59. The van der Waals surface area contributed by atoms with E-state index in [1.165, 1.54) is 6.20 Å². The van der Waals surface area contributed by atoms with Gasteiger partial charge in [0, 0.05) is 24.3 Å². The van der Waals surface area contributed by atoms with Gasteiger partial charge in [-0.05, 0) is 44.5 Å². The third-order valence-corrected chi connectivity index (χ3v) is 4.89. The third kappa shape index (κ3) is 4.63. The molecule has 0 aliphatic carbocycles. The summed E-state index contributed by atoms with van der Waals surface area (Å²) in [4.78, 5) is 16.5. The largest absolute Gasteiger partial charge is 0.437 e. The zero-order valence-electron chi connectivity index (χ0n) is 13.8. The van der Waals surface area contributed by atoms with Gasteiger partial charge in [0.15, 0.2) is 0 Å². The number of halogens is 2. The topological polar surface area (TPSA) is 63.2 Å². The zero-order valence-corrected chi connectivity index (χ0v) is 15.3. The van der Waals surface area contributed by atoms with Crippen molar-refractivity contribution in [1.29, 1.82) is 0 Å². The van der Waals surface area contributed by atoms with Crippen LogP contribution in [0.5, 0.6) is 11.6 Å². The number of rotatable bonds is 4. The first-order valence-electron chi connectivity index (χ1n) is 8.15. The Hall–Kier alpha value is -1.82. The van der Waals surface area contributed by atoms with Crippen LogP contribution in [-0.2, 0) is 0 Å². The second-order valence-corrected chi connectivity index (χ2v) is 6.87. The number of ether oxygens (including phenoxy) is 1. The van der Waals surface area contributed by atoms with Crippen LogP contribution in [0, 0.1) is 0 Å². The van der Waals surface area contributed by atoms with Gasteiger partial charge in [-0.25, -0.2) is 4.98 Å². The molecule has 132 valence electrons. The van der Waals surface area contributed by atoms with Gasteiger partial charge < -0.3 is 15.4 Å². The lowest BCUT2D eigenvalue weighted by Gasteiger charge is -2.28. The molecule has 1 aliphatic heterocycles. The Bertz CT molecular complexity index is 752. The maximum atomic E-state index is 12.3. The molecule has 2 N–H and O–H groups in total. The molecule has 1 aromatic carbocycles. The molecule has 2 heterocycles. The molecule has 1 saturated heterocycles. The van der Waals surface area contributed by atoms with Crippen molar-refractivity contribution >= 4 is 29.1 Å². The minimum atomic E-state index is -0.126. The number of piperidine rings is 1. The van der Waals surface area contributed by atoms with Crippen molar-refractivity contribution in [3.63, 3.8) is 0 Å². The molecule has 0 radical (unpaired) electrons. The summed E-state index contributed by atoms with van der Waals surface area (Å²) < 4.78 is 5.62. The van der Waals surface area contributed by atoms with Crippen molar-refractivity contribution in [2.24, 2.45) is 0 Å². The highest BCUT2D eigenvalue weighted by molar-refractivity contribution is 6.42. The Labute approximate surface area is 156 Å². The first-order valence-corrected chi connectivity index (χ1v) is 8.90. The van der Waals surface area contributed by atoms with Crippen molar-refractivity contribution in [2.75, 3.05) is 6.54 Å². The molecule has 0 spiro atoms. The van der Waals surface area contributed by atoms with Gasteiger partial charge in [-0.15, -0.1) is 0 Å². The van der Waals surface area contributed by atoms with Gasteiger partial charge in [-0.3, -0.25) is 4.79 Å². The molecular weight excluding hydrogens is 361 g/mol. The Kier molecular flexibility index (Phi) is 5.78. The van der Waals surface area contributed by atoms with Crippen LogP contribution in [0.2, 0.25) is 10.0 Å². The zero-order chi connectivity index (χ0) is 17.8. The number of benzene rings is 1.